The minimum absolute atomic E-state index is 0. The average molecular weight is 659 g/mol. The fourth-order valence-electron chi connectivity index (χ4n) is 5.54. The Labute approximate surface area is 298 Å². The van der Waals surface area contributed by atoms with Crippen molar-refractivity contribution in [3.63, 3.8) is 0 Å². The zero-order chi connectivity index (χ0) is 30.7. The van der Waals surface area contributed by atoms with Gasteiger partial charge in [0.15, 0.2) is 11.6 Å². The molecule has 0 aromatic heterocycles. The molecule has 4 N–H and O–H groups in total. The van der Waals surface area contributed by atoms with Gasteiger partial charge in [0.2, 0.25) is 0 Å². The molecule has 0 amide bonds. The summed E-state index contributed by atoms with van der Waals surface area (Å²) in [5.74, 6) is -8.03. The number of benzene rings is 2. The second-order valence-electron chi connectivity index (χ2n) is 10.3. The summed E-state index contributed by atoms with van der Waals surface area (Å²) in [5.41, 5.74) is 0.709. The van der Waals surface area contributed by atoms with E-state index in [1.54, 1.807) is 13.8 Å². The van der Waals surface area contributed by atoms with Gasteiger partial charge in [-0.1, -0.05) is 12.1 Å². The second-order valence-corrected chi connectivity index (χ2v) is 13.0. The molecule has 12 nitrogen and oxygen atoms in total. The van der Waals surface area contributed by atoms with Gasteiger partial charge in [-0.15, -0.1) is 0 Å². The molecule has 3 aliphatic rings. The van der Waals surface area contributed by atoms with Gasteiger partial charge in [-0.25, -0.2) is 16.8 Å². The molecule has 16 heteroatoms. The first-order chi connectivity index (χ1) is 19.6. The molecule has 5 rings (SSSR count). The zero-order valence-electron chi connectivity index (χ0n) is 24.1. The van der Waals surface area contributed by atoms with Crippen LogP contribution in [0.15, 0.2) is 93.4 Å². The van der Waals surface area contributed by atoms with Crippen molar-refractivity contribution in [1.82, 2.24) is 0 Å². The standard InChI is InChI=1S/C28H26N2O10S2.2Na/c1-13-3-5-15(21(11-13)41(35,36)37)29-17-7-9-19(31)25-23(17)27(33)26-20(32)10-8-18(24(26)28(25)34)30-16-6-4-14(2)12-22(16)42(38,39)40;;/h3-12,23-26,29-32H,1-2H3,(H,35,36,37)(H,38,39,40);;/q;2*+1/p-2. The van der Waals surface area contributed by atoms with Crippen LogP contribution in [-0.2, 0) is 29.8 Å². The van der Waals surface area contributed by atoms with Crippen LogP contribution in [-0.4, -0.2) is 47.7 Å². The maximum Gasteiger partial charge on any atom is 1.00 e. The number of aliphatic hydroxyl groups is 2. The van der Waals surface area contributed by atoms with Gasteiger partial charge in [0.05, 0.1) is 44.8 Å². The molecule has 4 atom stereocenters. The first-order valence-electron chi connectivity index (χ1n) is 12.5. The van der Waals surface area contributed by atoms with Crippen molar-refractivity contribution < 1.29 is 105 Å². The number of aryl methyl sites for hydroxylation is 2. The SMILES string of the molecule is Cc1ccc(NC2=CC=C(O)C3C(=O)C4C(Nc5ccc(C)cc5S(=O)(=O)[O-])=CC=C(O)C4C(=O)C23)c(S(=O)(=O)[O-])c1.[Na+].[Na+]. The molecule has 1 saturated carbocycles. The molecule has 2 aromatic rings. The zero-order valence-corrected chi connectivity index (χ0v) is 29.7. The Hall–Kier alpha value is -2.24. The van der Waals surface area contributed by atoms with Gasteiger partial charge in [-0.05, 0) is 73.5 Å². The van der Waals surface area contributed by atoms with Crippen LogP contribution in [0, 0.1) is 37.5 Å². The molecule has 220 valence electrons. The fourth-order valence-corrected chi connectivity index (χ4v) is 6.97. The number of rotatable bonds is 6. The van der Waals surface area contributed by atoms with Crippen LogP contribution in [0.1, 0.15) is 11.1 Å². The van der Waals surface area contributed by atoms with E-state index in [9.17, 15) is 45.7 Å². The van der Waals surface area contributed by atoms with Crippen molar-refractivity contribution in [1.29, 1.82) is 0 Å². The van der Waals surface area contributed by atoms with E-state index < -0.39 is 76.8 Å². The number of ketones is 2. The first kappa shape index (κ1) is 36.2. The number of aliphatic hydroxyl groups excluding tert-OH is 2. The van der Waals surface area contributed by atoms with Gasteiger partial charge in [-0.2, -0.15) is 0 Å². The summed E-state index contributed by atoms with van der Waals surface area (Å²) in [7, 11) is -9.88. The van der Waals surface area contributed by atoms with Crippen molar-refractivity contribution in [2.45, 2.75) is 23.6 Å². The molecule has 0 aliphatic heterocycles. The van der Waals surface area contributed by atoms with Gasteiger partial charge in [0.1, 0.15) is 31.8 Å². The van der Waals surface area contributed by atoms with Crippen LogP contribution < -0.4 is 69.7 Å². The quantitative estimate of drug-likeness (QED) is 0.180. The van der Waals surface area contributed by atoms with E-state index >= 15 is 0 Å². The summed E-state index contributed by atoms with van der Waals surface area (Å²) in [4.78, 5) is 26.7. The third-order valence-electron chi connectivity index (χ3n) is 7.44. The van der Waals surface area contributed by atoms with Gasteiger partial charge >= 0.3 is 59.1 Å². The Kier molecular flexibility index (Phi) is 10.9. The topological polar surface area (TPSA) is 213 Å². The van der Waals surface area contributed by atoms with Crippen LogP contribution in [0.2, 0.25) is 0 Å². The van der Waals surface area contributed by atoms with Crippen molar-refractivity contribution in [3.05, 3.63) is 94.7 Å². The van der Waals surface area contributed by atoms with E-state index in [0.717, 1.165) is 24.3 Å². The average Bonchev–Trinajstić information content (AvgIpc) is 2.89. The smallest absolute Gasteiger partial charge is 0.744 e. The summed E-state index contributed by atoms with van der Waals surface area (Å²) in [6.07, 6.45) is 4.87. The Balaban J connectivity index is 0.00000264. The number of Topliss-reactive ketones (excluding diaryl/α,β-unsaturated/α-hetero) is 2. The molecular formula is C28H24N2Na2O10S2. The van der Waals surface area contributed by atoms with Crippen LogP contribution in [0.3, 0.4) is 0 Å². The van der Waals surface area contributed by atoms with Crippen LogP contribution in [0.4, 0.5) is 11.4 Å². The second kappa shape index (κ2) is 13.2. The van der Waals surface area contributed by atoms with E-state index in [-0.39, 0.29) is 81.9 Å². The number of allylic oxidation sites excluding steroid dienone is 8. The maximum atomic E-state index is 13.9. The van der Waals surface area contributed by atoms with Crippen molar-refractivity contribution in [2.75, 3.05) is 10.6 Å². The number of hydrogen-bond donors (Lipinski definition) is 4. The Bertz CT molecular complexity index is 1760. The summed E-state index contributed by atoms with van der Waals surface area (Å²) >= 11 is 0. The number of carbonyl (C=O) groups is 2. The monoisotopic (exact) mass is 658 g/mol. The molecular weight excluding hydrogens is 634 g/mol. The fraction of sp³-hybridized carbons (Fsp3) is 0.214. The van der Waals surface area contributed by atoms with Crippen LogP contribution in [0.25, 0.3) is 0 Å². The molecule has 0 heterocycles. The van der Waals surface area contributed by atoms with E-state index in [4.69, 9.17) is 0 Å². The molecule has 4 unspecified atom stereocenters. The summed E-state index contributed by atoms with van der Waals surface area (Å²) in [6.45, 7) is 3.17. The minimum Gasteiger partial charge on any atom is -0.744 e. The predicted octanol–water partition coefficient (Wildman–Crippen LogP) is -3.06. The molecule has 1 fully saturated rings. The van der Waals surface area contributed by atoms with E-state index in [1.165, 1.54) is 36.4 Å². The van der Waals surface area contributed by atoms with Gasteiger partial charge in [0, 0.05) is 11.4 Å². The summed E-state index contributed by atoms with van der Waals surface area (Å²) in [6, 6.07) is 8.05. The number of hydrogen-bond acceptors (Lipinski definition) is 12. The maximum absolute atomic E-state index is 13.9. The van der Waals surface area contributed by atoms with Crippen molar-refractivity contribution >= 4 is 43.2 Å². The molecule has 0 bridgehead atoms. The Morgan fingerprint density at radius 1 is 0.614 bits per heavy atom. The van der Waals surface area contributed by atoms with Gasteiger partial charge < -0.3 is 30.0 Å². The Morgan fingerprint density at radius 2 is 0.955 bits per heavy atom. The number of fused-ring (bicyclic) bond motifs is 2. The van der Waals surface area contributed by atoms with Gasteiger partial charge in [0.25, 0.3) is 0 Å². The predicted molar refractivity (Wildman–Crippen MR) is 147 cm³/mol. The number of carbonyl (C=O) groups excluding carboxylic acids is 2. The molecule has 0 saturated heterocycles. The third kappa shape index (κ3) is 6.79. The Morgan fingerprint density at radius 3 is 1.27 bits per heavy atom. The van der Waals surface area contributed by atoms with Crippen molar-refractivity contribution in [3.8, 4) is 0 Å². The third-order valence-corrected chi connectivity index (χ3v) is 9.19. The molecule has 0 spiro atoms. The largest absolute Gasteiger partial charge is 1.00 e. The van der Waals surface area contributed by atoms with Crippen LogP contribution >= 0.6 is 0 Å². The molecule has 2 aromatic carbocycles. The minimum atomic E-state index is -4.94. The molecule has 0 radical (unpaired) electrons. The van der Waals surface area contributed by atoms with E-state index in [0.29, 0.717) is 11.1 Å². The van der Waals surface area contributed by atoms with E-state index in [1.807, 2.05) is 0 Å². The summed E-state index contributed by atoms with van der Waals surface area (Å²) < 4.78 is 71.5. The molecule has 44 heavy (non-hydrogen) atoms. The molecule has 3 aliphatic carbocycles. The number of nitrogens with one attached hydrogen (secondary N) is 2. The van der Waals surface area contributed by atoms with Gasteiger partial charge in [-0.3, -0.25) is 9.59 Å². The normalized spacial score (nSPS) is 22.9. The summed E-state index contributed by atoms with van der Waals surface area (Å²) in [5, 5.41) is 27.0. The number of anilines is 2. The van der Waals surface area contributed by atoms with Crippen LogP contribution in [0.5, 0.6) is 0 Å². The first-order valence-corrected chi connectivity index (χ1v) is 15.4. The van der Waals surface area contributed by atoms with E-state index in [2.05, 4.69) is 10.6 Å². The van der Waals surface area contributed by atoms with Crippen molar-refractivity contribution in [2.24, 2.45) is 23.7 Å².